The molecule has 2 aromatic carbocycles. The Kier molecular flexibility index (Phi) is 5.66. The summed E-state index contributed by atoms with van der Waals surface area (Å²) in [6.45, 7) is 3.54. The molecule has 0 aliphatic carbocycles. The number of hydrogen-bond acceptors (Lipinski definition) is 7. The highest BCUT2D eigenvalue weighted by Gasteiger charge is 2.32. The van der Waals surface area contributed by atoms with E-state index < -0.39 is 6.04 Å². The first-order chi connectivity index (χ1) is 16.1. The van der Waals surface area contributed by atoms with Gasteiger partial charge >= 0.3 is 0 Å². The molecule has 0 saturated carbocycles. The van der Waals surface area contributed by atoms with Crippen LogP contribution in [-0.4, -0.2) is 34.2 Å². The molecule has 0 fully saturated rings. The Bertz CT molecular complexity index is 1260. The Morgan fingerprint density at radius 3 is 2.82 bits per heavy atom. The van der Waals surface area contributed by atoms with Gasteiger partial charge in [-0.2, -0.15) is 0 Å². The third kappa shape index (κ3) is 4.12. The van der Waals surface area contributed by atoms with Gasteiger partial charge in [0, 0.05) is 24.5 Å². The van der Waals surface area contributed by atoms with Crippen molar-refractivity contribution in [2.45, 2.75) is 26.1 Å². The van der Waals surface area contributed by atoms with Crippen LogP contribution in [0, 0.1) is 6.92 Å². The Labute approximate surface area is 191 Å². The zero-order valence-corrected chi connectivity index (χ0v) is 18.4. The predicted octanol–water partition coefficient (Wildman–Crippen LogP) is 4.42. The molecule has 3 heterocycles. The summed E-state index contributed by atoms with van der Waals surface area (Å²) in [5, 5.41) is 7.48. The number of benzene rings is 2. The molecule has 0 amide bonds. The molecule has 1 atom stereocenters. The van der Waals surface area contributed by atoms with Crippen molar-refractivity contribution < 1.29 is 18.8 Å². The average molecular weight is 444 g/mol. The second-order valence-electron chi connectivity index (χ2n) is 7.83. The third-order valence-electron chi connectivity index (χ3n) is 5.68. The molecule has 0 bridgehead atoms. The first kappa shape index (κ1) is 21.0. The molecule has 168 valence electrons. The molecule has 8 heteroatoms. The minimum atomic E-state index is -0.776. The van der Waals surface area contributed by atoms with Gasteiger partial charge in [-0.15, -0.1) is 0 Å². The SMILES string of the molecule is COc1cccc(NC(C(=O)c2noc(C)c2-c2ccccc2)c2cn3c(n2)COCC3)c1. The lowest BCUT2D eigenvalue weighted by molar-refractivity contribution is 0.0816. The fourth-order valence-corrected chi connectivity index (χ4v) is 4.03. The average Bonchev–Trinajstić information content (AvgIpc) is 3.46. The van der Waals surface area contributed by atoms with Gasteiger partial charge in [-0.1, -0.05) is 41.6 Å². The number of nitrogens with one attached hydrogen (secondary N) is 1. The highest BCUT2D eigenvalue weighted by molar-refractivity contribution is 6.05. The number of nitrogens with zero attached hydrogens (tertiary/aromatic N) is 3. The lowest BCUT2D eigenvalue weighted by Gasteiger charge is -2.17. The summed E-state index contributed by atoms with van der Waals surface area (Å²) in [5.74, 6) is 1.83. The van der Waals surface area contributed by atoms with Gasteiger partial charge in [0.25, 0.3) is 0 Å². The van der Waals surface area contributed by atoms with Gasteiger partial charge in [0.2, 0.25) is 5.78 Å². The van der Waals surface area contributed by atoms with Crippen LogP contribution in [0.15, 0.2) is 65.3 Å². The molecule has 1 aliphatic rings. The maximum atomic E-state index is 13.9. The zero-order chi connectivity index (χ0) is 22.8. The van der Waals surface area contributed by atoms with Gasteiger partial charge in [-0.05, 0) is 24.6 Å². The van der Waals surface area contributed by atoms with E-state index in [9.17, 15) is 4.79 Å². The molecular weight excluding hydrogens is 420 g/mol. The lowest BCUT2D eigenvalue weighted by Crippen LogP contribution is -2.22. The minimum absolute atomic E-state index is 0.232. The lowest BCUT2D eigenvalue weighted by atomic mass is 9.97. The number of aromatic nitrogens is 3. The first-order valence-electron chi connectivity index (χ1n) is 10.7. The summed E-state index contributed by atoms with van der Waals surface area (Å²) in [4.78, 5) is 18.6. The van der Waals surface area contributed by atoms with Crippen LogP contribution >= 0.6 is 0 Å². The maximum Gasteiger partial charge on any atom is 0.213 e. The maximum absolute atomic E-state index is 13.9. The van der Waals surface area contributed by atoms with E-state index in [0.29, 0.717) is 42.5 Å². The van der Waals surface area contributed by atoms with Gasteiger partial charge in [0.1, 0.15) is 30.0 Å². The van der Waals surface area contributed by atoms with Crippen LogP contribution in [0.3, 0.4) is 0 Å². The minimum Gasteiger partial charge on any atom is -0.497 e. The van der Waals surface area contributed by atoms with Crippen molar-refractivity contribution in [2.75, 3.05) is 19.0 Å². The molecule has 1 N–H and O–H groups in total. The molecule has 0 saturated heterocycles. The summed E-state index contributed by atoms with van der Waals surface area (Å²) in [6, 6.07) is 16.3. The summed E-state index contributed by atoms with van der Waals surface area (Å²) in [7, 11) is 1.61. The number of methoxy groups -OCH3 is 1. The normalized spacial score (nSPS) is 13.9. The number of anilines is 1. The quantitative estimate of drug-likeness (QED) is 0.422. The summed E-state index contributed by atoms with van der Waals surface area (Å²) < 4.78 is 18.4. The van der Waals surface area contributed by atoms with E-state index in [-0.39, 0.29) is 11.5 Å². The van der Waals surface area contributed by atoms with Gasteiger partial charge < -0.3 is 23.9 Å². The van der Waals surface area contributed by atoms with E-state index in [4.69, 9.17) is 19.0 Å². The van der Waals surface area contributed by atoms with E-state index in [1.807, 2.05) is 72.3 Å². The summed E-state index contributed by atoms with van der Waals surface area (Å²) >= 11 is 0. The Morgan fingerprint density at radius 2 is 2.03 bits per heavy atom. The molecule has 1 aliphatic heterocycles. The topological polar surface area (TPSA) is 91.4 Å². The number of carbonyl (C=O) groups is 1. The number of hydrogen-bond donors (Lipinski definition) is 1. The smallest absolute Gasteiger partial charge is 0.213 e. The van der Waals surface area contributed by atoms with E-state index in [1.165, 1.54) is 0 Å². The highest BCUT2D eigenvalue weighted by Crippen LogP contribution is 2.32. The van der Waals surface area contributed by atoms with Crippen molar-refractivity contribution in [1.82, 2.24) is 14.7 Å². The van der Waals surface area contributed by atoms with Crippen molar-refractivity contribution in [1.29, 1.82) is 0 Å². The van der Waals surface area contributed by atoms with E-state index in [2.05, 4.69) is 10.5 Å². The van der Waals surface area contributed by atoms with Gasteiger partial charge in [0.05, 0.1) is 25.0 Å². The van der Waals surface area contributed by atoms with Crippen molar-refractivity contribution in [3.05, 3.63) is 83.8 Å². The molecule has 4 aromatic rings. The van der Waals surface area contributed by atoms with Gasteiger partial charge in [0.15, 0.2) is 5.69 Å². The van der Waals surface area contributed by atoms with Crippen molar-refractivity contribution in [3.8, 4) is 16.9 Å². The van der Waals surface area contributed by atoms with E-state index >= 15 is 0 Å². The number of Topliss-reactive ketones (excluding diaryl/α,β-unsaturated/α-hetero) is 1. The second kappa shape index (κ2) is 8.91. The Morgan fingerprint density at radius 1 is 1.18 bits per heavy atom. The van der Waals surface area contributed by atoms with E-state index in [1.54, 1.807) is 7.11 Å². The molecule has 0 radical (unpaired) electrons. The van der Waals surface area contributed by atoms with Crippen LogP contribution in [0.5, 0.6) is 5.75 Å². The predicted molar refractivity (Wildman–Crippen MR) is 122 cm³/mol. The highest BCUT2D eigenvalue weighted by atomic mass is 16.5. The third-order valence-corrected chi connectivity index (χ3v) is 5.68. The van der Waals surface area contributed by atoms with Crippen molar-refractivity contribution in [2.24, 2.45) is 0 Å². The van der Waals surface area contributed by atoms with Crippen LogP contribution < -0.4 is 10.1 Å². The van der Waals surface area contributed by atoms with Crippen LogP contribution in [0.4, 0.5) is 5.69 Å². The van der Waals surface area contributed by atoms with Crippen molar-refractivity contribution >= 4 is 11.5 Å². The molecular formula is C25H24N4O4. The molecule has 5 rings (SSSR count). The number of imidazole rings is 1. The fourth-order valence-electron chi connectivity index (χ4n) is 4.03. The van der Waals surface area contributed by atoms with Crippen LogP contribution in [0.2, 0.25) is 0 Å². The molecule has 0 spiro atoms. The molecule has 33 heavy (non-hydrogen) atoms. The summed E-state index contributed by atoms with van der Waals surface area (Å²) in [6.07, 6.45) is 1.91. The molecule has 8 nitrogen and oxygen atoms in total. The second-order valence-corrected chi connectivity index (χ2v) is 7.83. The van der Waals surface area contributed by atoms with Crippen LogP contribution in [-0.2, 0) is 17.9 Å². The number of ether oxygens (including phenoxy) is 2. The van der Waals surface area contributed by atoms with Gasteiger partial charge in [-0.25, -0.2) is 4.98 Å². The monoisotopic (exact) mass is 444 g/mol. The Hall–Kier alpha value is -3.91. The number of aryl methyl sites for hydroxylation is 1. The van der Waals surface area contributed by atoms with Crippen LogP contribution in [0.25, 0.3) is 11.1 Å². The molecule has 1 unspecified atom stereocenters. The van der Waals surface area contributed by atoms with Crippen molar-refractivity contribution in [3.63, 3.8) is 0 Å². The first-order valence-corrected chi connectivity index (χ1v) is 10.7. The fraction of sp³-hybridized carbons (Fsp3) is 0.240. The standard InChI is InChI=1S/C25H24N4O4/c1-16-22(17-7-4-3-5-8-17)24(28-33-16)25(30)23(26-18-9-6-10-19(13-18)31-2)20-14-29-11-12-32-15-21(29)27-20/h3-10,13-14,23,26H,11-12,15H2,1-2H3. The largest absolute Gasteiger partial charge is 0.497 e. The summed E-state index contributed by atoms with van der Waals surface area (Å²) in [5.41, 5.74) is 3.16. The number of fused-ring (bicyclic) bond motifs is 1. The number of carbonyl (C=O) groups excluding carboxylic acids is 1. The Balaban J connectivity index is 1.57. The molecule has 2 aromatic heterocycles. The number of ketones is 1. The zero-order valence-electron chi connectivity index (χ0n) is 18.4. The van der Waals surface area contributed by atoms with Crippen LogP contribution in [0.1, 0.15) is 33.8 Å². The number of rotatable bonds is 7. The van der Waals surface area contributed by atoms with E-state index in [0.717, 1.165) is 17.1 Å². The van der Waals surface area contributed by atoms with Gasteiger partial charge in [-0.3, -0.25) is 4.79 Å².